The van der Waals surface area contributed by atoms with Crippen LogP contribution in [0.4, 0.5) is 0 Å². The van der Waals surface area contributed by atoms with E-state index >= 15 is 0 Å². The molecule has 0 saturated carbocycles. The average Bonchev–Trinajstić information content (AvgIpc) is 2.50. The second kappa shape index (κ2) is 9.59. The summed E-state index contributed by atoms with van der Waals surface area (Å²) in [6.07, 6.45) is -6.52. The molecule has 0 aromatic carbocycles. The van der Waals surface area contributed by atoms with E-state index in [1.807, 2.05) is 0 Å². The van der Waals surface area contributed by atoms with Gasteiger partial charge in [0.2, 0.25) is 0 Å². The minimum absolute atomic E-state index is 0.380. The molecule has 0 N–H and O–H groups in total. The Bertz CT molecular complexity index is 617. The van der Waals surface area contributed by atoms with Gasteiger partial charge >= 0.3 is 23.9 Å². The quantitative estimate of drug-likeness (QED) is 0.210. The highest BCUT2D eigenvalue weighted by Crippen LogP contribution is 2.29. The Labute approximate surface area is 148 Å². The van der Waals surface area contributed by atoms with Crippen molar-refractivity contribution in [3.05, 3.63) is 10.4 Å². The van der Waals surface area contributed by atoms with Crippen molar-refractivity contribution in [1.82, 2.24) is 0 Å². The Balaban J connectivity index is 3.28. The van der Waals surface area contributed by atoms with Crippen LogP contribution in [0, 0.1) is 0 Å². The minimum atomic E-state index is -1.40. The van der Waals surface area contributed by atoms with E-state index in [9.17, 15) is 19.2 Å². The van der Waals surface area contributed by atoms with Gasteiger partial charge in [0.05, 0.1) is 0 Å². The first-order valence-electron chi connectivity index (χ1n) is 7.50. The zero-order valence-corrected chi connectivity index (χ0v) is 14.6. The van der Waals surface area contributed by atoms with E-state index in [-0.39, 0.29) is 6.61 Å². The molecule has 12 heteroatoms. The number of azide groups is 1. The van der Waals surface area contributed by atoms with Gasteiger partial charge in [0, 0.05) is 32.6 Å². The highest BCUT2D eigenvalue weighted by atomic mass is 16.7. The summed E-state index contributed by atoms with van der Waals surface area (Å²) in [4.78, 5) is 48.0. The molecule has 0 spiro atoms. The summed E-state index contributed by atoms with van der Waals surface area (Å²) < 4.78 is 25.6. The summed E-state index contributed by atoms with van der Waals surface area (Å²) in [5, 5.41) is 3.38. The van der Waals surface area contributed by atoms with Crippen molar-refractivity contribution in [3.8, 4) is 0 Å². The molecule has 0 unspecified atom stereocenters. The molecule has 144 valence electrons. The predicted molar refractivity (Wildman–Crippen MR) is 81.1 cm³/mol. The second-order valence-electron chi connectivity index (χ2n) is 5.29. The van der Waals surface area contributed by atoms with E-state index < -0.39 is 54.5 Å². The maximum absolute atomic E-state index is 11.5. The number of esters is 4. The van der Waals surface area contributed by atoms with Gasteiger partial charge in [-0.3, -0.25) is 19.2 Å². The van der Waals surface area contributed by atoms with Crippen LogP contribution in [-0.4, -0.2) is 61.1 Å². The van der Waals surface area contributed by atoms with Gasteiger partial charge in [-0.25, -0.2) is 0 Å². The molecule has 26 heavy (non-hydrogen) atoms. The van der Waals surface area contributed by atoms with Crippen molar-refractivity contribution >= 4 is 23.9 Å². The molecule has 0 aromatic heterocycles. The van der Waals surface area contributed by atoms with Crippen LogP contribution in [0.15, 0.2) is 5.11 Å². The maximum atomic E-state index is 11.5. The average molecular weight is 373 g/mol. The Hall–Kier alpha value is -2.85. The van der Waals surface area contributed by atoms with Crippen molar-refractivity contribution in [3.63, 3.8) is 0 Å². The van der Waals surface area contributed by atoms with Crippen LogP contribution < -0.4 is 0 Å². The normalized spacial score (nSPS) is 27.5. The van der Waals surface area contributed by atoms with Crippen LogP contribution in [0.25, 0.3) is 10.4 Å². The number of carbonyl (C=O) groups is 4. The van der Waals surface area contributed by atoms with Crippen molar-refractivity contribution in [2.24, 2.45) is 5.11 Å². The molecule has 0 aromatic rings. The molecule has 1 heterocycles. The van der Waals surface area contributed by atoms with E-state index in [1.54, 1.807) is 0 Å². The largest absolute Gasteiger partial charge is 0.463 e. The van der Waals surface area contributed by atoms with E-state index in [2.05, 4.69) is 10.0 Å². The fraction of sp³-hybridized carbons (Fsp3) is 0.714. The molecule has 0 radical (unpaired) electrons. The van der Waals surface area contributed by atoms with Crippen molar-refractivity contribution in [1.29, 1.82) is 0 Å². The Morgan fingerprint density at radius 2 is 1.38 bits per heavy atom. The van der Waals surface area contributed by atoms with Crippen LogP contribution in [0.5, 0.6) is 0 Å². The number of carbonyl (C=O) groups excluding carboxylic acids is 4. The van der Waals surface area contributed by atoms with Gasteiger partial charge in [0.15, 0.2) is 24.5 Å². The third-order valence-corrected chi connectivity index (χ3v) is 3.13. The van der Waals surface area contributed by atoms with Gasteiger partial charge < -0.3 is 23.7 Å². The molecule has 1 rings (SSSR count). The summed E-state index contributed by atoms with van der Waals surface area (Å²) >= 11 is 0. The molecular weight excluding hydrogens is 354 g/mol. The first kappa shape index (κ1) is 21.2. The third kappa shape index (κ3) is 6.22. The highest BCUT2D eigenvalue weighted by molar-refractivity contribution is 5.68. The summed E-state index contributed by atoms with van der Waals surface area (Å²) in [6.45, 7) is 4.06. The van der Waals surface area contributed by atoms with Crippen LogP contribution in [0.3, 0.4) is 0 Å². The summed E-state index contributed by atoms with van der Waals surface area (Å²) in [5.41, 5.74) is 8.71. The van der Waals surface area contributed by atoms with E-state index in [4.69, 9.17) is 29.2 Å². The lowest BCUT2D eigenvalue weighted by Crippen LogP contribution is -2.61. The van der Waals surface area contributed by atoms with Gasteiger partial charge in [-0.05, 0) is 5.53 Å². The zero-order chi connectivity index (χ0) is 19.9. The lowest BCUT2D eigenvalue weighted by Gasteiger charge is -2.43. The Morgan fingerprint density at radius 1 is 0.885 bits per heavy atom. The number of ether oxygens (including phenoxy) is 5. The predicted octanol–water partition coefficient (Wildman–Crippen LogP) is 0.380. The smallest absolute Gasteiger partial charge is 0.303 e. The molecule has 0 aliphatic carbocycles. The lowest BCUT2D eigenvalue weighted by molar-refractivity contribution is -0.251. The second-order valence-corrected chi connectivity index (χ2v) is 5.29. The Morgan fingerprint density at radius 3 is 1.85 bits per heavy atom. The number of nitrogens with zero attached hydrogens (tertiary/aromatic N) is 3. The fourth-order valence-electron chi connectivity index (χ4n) is 2.35. The van der Waals surface area contributed by atoms with Crippen LogP contribution in [0.1, 0.15) is 27.7 Å². The SMILES string of the molecule is CC(=O)OC[C@H]1O[C@@H](N=[N+]=[N-])[C@@H](OC(C)=O)[C@@H](OC(C)=O)[C@H]1OC(C)=O. The molecule has 0 amide bonds. The molecule has 1 aliphatic heterocycles. The lowest BCUT2D eigenvalue weighted by atomic mass is 9.97. The zero-order valence-electron chi connectivity index (χ0n) is 14.6. The van der Waals surface area contributed by atoms with Crippen LogP contribution in [0.2, 0.25) is 0 Å². The van der Waals surface area contributed by atoms with Gasteiger partial charge in [-0.2, -0.15) is 0 Å². The Kier molecular flexibility index (Phi) is 7.81. The summed E-state index contributed by atoms with van der Waals surface area (Å²) in [5.74, 6) is -2.92. The van der Waals surface area contributed by atoms with E-state index in [0.29, 0.717) is 0 Å². The van der Waals surface area contributed by atoms with E-state index in [1.165, 1.54) is 0 Å². The number of rotatable bonds is 6. The van der Waals surface area contributed by atoms with Crippen LogP contribution in [-0.2, 0) is 42.9 Å². The highest BCUT2D eigenvalue weighted by Gasteiger charge is 2.51. The molecule has 0 bridgehead atoms. The molecule has 1 saturated heterocycles. The van der Waals surface area contributed by atoms with E-state index in [0.717, 1.165) is 27.7 Å². The van der Waals surface area contributed by atoms with Crippen molar-refractivity contribution in [2.45, 2.75) is 58.3 Å². The summed E-state index contributed by atoms with van der Waals surface area (Å²) in [6, 6.07) is 0. The first-order chi connectivity index (χ1) is 12.1. The van der Waals surface area contributed by atoms with Gasteiger partial charge in [0.25, 0.3) is 0 Å². The molecule has 1 aliphatic rings. The minimum Gasteiger partial charge on any atom is -0.463 e. The maximum Gasteiger partial charge on any atom is 0.303 e. The monoisotopic (exact) mass is 373 g/mol. The van der Waals surface area contributed by atoms with Gasteiger partial charge in [-0.15, -0.1) is 0 Å². The van der Waals surface area contributed by atoms with Gasteiger partial charge in [0.1, 0.15) is 12.7 Å². The topological polar surface area (TPSA) is 163 Å². The summed E-state index contributed by atoms with van der Waals surface area (Å²) in [7, 11) is 0. The molecule has 5 atom stereocenters. The molecule has 12 nitrogen and oxygen atoms in total. The number of hydrogen-bond acceptors (Lipinski definition) is 10. The number of hydrogen-bond donors (Lipinski definition) is 0. The molecular formula is C14H19N3O9. The van der Waals surface area contributed by atoms with Crippen molar-refractivity contribution in [2.75, 3.05) is 6.61 Å². The standard InChI is InChI=1S/C14H19N3O9/c1-6(18)22-5-10-11(23-7(2)19)12(24-8(3)20)13(25-9(4)21)14(26-10)16-17-15/h10-14H,5H2,1-4H3/t10-,11+,12+,13+,14-/m1/s1. The third-order valence-electron chi connectivity index (χ3n) is 3.13. The fourth-order valence-corrected chi connectivity index (χ4v) is 2.35. The van der Waals surface area contributed by atoms with Crippen molar-refractivity contribution < 1.29 is 42.9 Å². The van der Waals surface area contributed by atoms with Crippen LogP contribution >= 0.6 is 0 Å². The first-order valence-corrected chi connectivity index (χ1v) is 7.50. The van der Waals surface area contributed by atoms with Gasteiger partial charge in [-0.1, -0.05) is 5.11 Å². The molecule has 1 fully saturated rings.